The zero-order valence-corrected chi connectivity index (χ0v) is 13.2. The number of anilines is 1. The molecule has 0 heterocycles. The molecule has 1 aromatic rings. The normalized spacial score (nSPS) is 26.7. The summed E-state index contributed by atoms with van der Waals surface area (Å²) in [7, 11) is -3.50. The molecule has 0 aromatic heterocycles. The van der Waals surface area contributed by atoms with Crippen LogP contribution in [-0.4, -0.2) is 25.7 Å². The van der Waals surface area contributed by atoms with Gasteiger partial charge in [-0.25, -0.2) is 13.1 Å². The summed E-state index contributed by atoms with van der Waals surface area (Å²) in [4.78, 5) is 0. The van der Waals surface area contributed by atoms with Gasteiger partial charge in [-0.15, -0.1) is 0 Å². The second-order valence-electron chi connectivity index (χ2n) is 6.23. The molecule has 0 aliphatic heterocycles. The summed E-state index contributed by atoms with van der Waals surface area (Å²) in [6.45, 7) is 2.00. The van der Waals surface area contributed by atoms with Gasteiger partial charge in [0.2, 0.25) is 10.0 Å². The summed E-state index contributed by atoms with van der Waals surface area (Å²) in [6, 6.07) is 6.86. The highest BCUT2D eigenvalue weighted by molar-refractivity contribution is 7.88. The molecule has 0 atom stereocenters. The maximum absolute atomic E-state index is 12.4. The van der Waals surface area contributed by atoms with Gasteiger partial charge in [-0.3, -0.25) is 0 Å². The second-order valence-corrected chi connectivity index (χ2v) is 7.95. The Labute approximate surface area is 126 Å². The Kier molecular flexibility index (Phi) is 4.91. The molecule has 1 fully saturated rings. The molecule has 0 saturated heterocycles. The summed E-state index contributed by atoms with van der Waals surface area (Å²) in [6.07, 6.45) is 3.23. The molecule has 1 aliphatic rings. The fourth-order valence-electron chi connectivity index (χ4n) is 2.88. The minimum Gasteiger partial charge on any atom is -0.399 e. The topological polar surface area (TPSA) is 92.4 Å². The molecule has 1 saturated carbocycles. The van der Waals surface area contributed by atoms with Gasteiger partial charge in [0.1, 0.15) is 0 Å². The highest BCUT2D eigenvalue weighted by Gasteiger charge is 2.37. The van der Waals surface area contributed by atoms with Gasteiger partial charge < -0.3 is 10.8 Å². The number of aliphatic hydroxyl groups excluding tert-OH is 1. The highest BCUT2D eigenvalue weighted by Crippen LogP contribution is 2.32. The van der Waals surface area contributed by atoms with E-state index in [4.69, 9.17) is 5.73 Å². The number of nitrogens with two attached hydrogens (primary N) is 1. The van der Waals surface area contributed by atoms with Crippen molar-refractivity contribution in [2.45, 2.75) is 43.9 Å². The van der Waals surface area contributed by atoms with Crippen LogP contribution in [0, 0.1) is 5.92 Å². The third-order valence-electron chi connectivity index (χ3n) is 4.21. The van der Waals surface area contributed by atoms with Crippen molar-refractivity contribution in [1.29, 1.82) is 0 Å². The molecule has 0 bridgehead atoms. The van der Waals surface area contributed by atoms with Crippen molar-refractivity contribution in [3.63, 3.8) is 0 Å². The van der Waals surface area contributed by atoms with E-state index in [0.717, 1.165) is 12.8 Å². The van der Waals surface area contributed by atoms with Crippen LogP contribution >= 0.6 is 0 Å². The van der Waals surface area contributed by atoms with Gasteiger partial charge in [0.25, 0.3) is 0 Å². The molecular formula is C15H24N2O3S. The lowest BCUT2D eigenvalue weighted by atomic mass is 9.78. The smallest absolute Gasteiger partial charge is 0.216 e. The summed E-state index contributed by atoms with van der Waals surface area (Å²) < 4.78 is 27.5. The van der Waals surface area contributed by atoms with Crippen molar-refractivity contribution >= 4 is 15.7 Å². The summed E-state index contributed by atoms with van der Waals surface area (Å²) >= 11 is 0. The van der Waals surface area contributed by atoms with Gasteiger partial charge in [-0.1, -0.05) is 19.1 Å². The van der Waals surface area contributed by atoms with Crippen molar-refractivity contribution < 1.29 is 13.5 Å². The van der Waals surface area contributed by atoms with Crippen LogP contribution in [0.3, 0.4) is 0 Å². The molecular weight excluding hydrogens is 288 g/mol. The molecule has 4 N–H and O–H groups in total. The van der Waals surface area contributed by atoms with E-state index in [0.29, 0.717) is 30.0 Å². The fraction of sp³-hybridized carbons (Fsp3) is 0.600. The van der Waals surface area contributed by atoms with Crippen LogP contribution in [0.15, 0.2) is 24.3 Å². The lowest BCUT2D eigenvalue weighted by Gasteiger charge is -2.38. The maximum Gasteiger partial charge on any atom is 0.216 e. The van der Waals surface area contributed by atoms with E-state index in [9.17, 15) is 13.5 Å². The van der Waals surface area contributed by atoms with E-state index in [1.54, 1.807) is 24.3 Å². The van der Waals surface area contributed by atoms with Crippen molar-refractivity contribution in [2.24, 2.45) is 5.92 Å². The van der Waals surface area contributed by atoms with Crippen LogP contribution in [0.4, 0.5) is 5.69 Å². The number of aliphatic hydroxyl groups is 1. The molecule has 0 unspecified atom stereocenters. The Morgan fingerprint density at radius 1 is 1.38 bits per heavy atom. The van der Waals surface area contributed by atoms with E-state index < -0.39 is 15.6 Å². The number of hydrogen-bond acceptors (Lipinski definition) is 4. The Balaban J connectivity index is 2.09. The first-order chi connectivity index (χ1) is 9.84. The maximum atomic E-state index is 12.4. The quantitative estimate of drug-likeness (QED) is 0.721. The molecule has 0 amide bonds. The van der Waals surface area contributed by atoms with Crippen molar-refractivity contribution in [1.82, 2.24) is 4.72 Å². The Hall–Kier alpha value is -1.11. The van der Waals surface area contributed by atoms with E-state index in [2.05, 4.69) is 11.6 Å². The molecule has 118 valence electrons. The van der Waals surface area contributed by atoms with E-state index in [-0.39, 0.29) is 12.4 Å². The third kappa shape index (κ3) is 4.43. The van der Waals surface area contributed by atoms with Gasteiger partial charge in [-0.2, -0.15) is 0 Å². The number of rotatable bonds is 5. The molecule has 0 radical (unpaired) electrons. The first-order valence-electron chi connectivity index (χ1n) is 7.31. The van der Waals surface area contributed by atoms with Gasteiger partial charge in [0.15, 0.2) is 0 Å². The molecule has 0 spiro atoms. The fourth-order valence-corrected chi connectivity index (χ4v) is 4.49. The number of nitrogens with one attached hydrogen (secondary N) is 1. The van der Waals surface area contributed by atoms with Gasteiger partial charge in [0.05, 0.1) is 17.9 Å². The predicted octanol–water partition coefficient (Wildman–Crippen LogP) is 1.63. The Bertz CT molecular complexity index is 578. The number of sulfonamides is 1. The summed E-state index contributed by atoms with van der Waals surface area (Å²) in [5.74, 6) is 0.470. The molecule has 5 nitrogen and oxygen atoms in total. The SMILES string of the molecule is CC1CCC(CO)(NS(=O)(=O)Cc2cccc(N)c2)CC1. The first-order valence-corrected chi connectivity index (χ1v) is 8.96. The van der Waals surface area contributed by atoms with Crippen LogP contribution in [0.25, 0.3) is 0 Å². The van der Waals surface area contributed by atoms with Crippen molar-refractivity contribution in [3.8, 4) is 0 Å². The average Bonchev–Trinajstić information content (AvgIpc) is 2.41. The predicted molar refractivity (Wildman–Crippen MR) is 84.1 cm³/mol. The molecule has 6 heteroatoms. The molecule has 1 aromatic carbocycles. The zero-order valence-electron chi connectivity index (χ0n) is 12.4. The van der Waals surface area contributed by atoms with E-state index >= 15 is 0 Å². The standard InChI is InChI=1S/C15H24N2O3S/c1-12-5-7-15(11-18,8-6-12)17-21(19,20)10-13-3-2-4-14(16)9-13/h2-4,9,12,17-18H,5-8,10-11,16H2,1H3. The lowest BCUT2D eigenvalue weighted by molar-refractivity contribution is 0.125. The molecule has 2 rings (SSSR count). The summed E-state index contributed by atoms with van der Waals surface area (Å²) in [5, 5.41) is 9.65. The largest absolute Gasteiger partial charge is 0.399 e. The van der Waals surface area contributed by atoms with Crippen LogP contribution in [-0.2, 0) is 15.8 Å². The van der Waals surface area contributed by atoms with Crippen LogP contribution in [0.5, 0.6) is 0 Å². The third-order valence-corrected chi connectivity index (χ3v) is 5.67. The monoisotopic (exact) mass is 312 g/mol. The zero-order chi connectivity index (χ0) is 15.5. The van der Waals surface area contributed by atoms with Crippen LogP contribution in [0.2, 0.25) is 0 Å². The van der Waals surface area contributed by atoms with Crippen LogP contribution in [0.1, 0.15) is 38.2 Å². The van der Waals surface area contributed by atoms with E-state index in [1.165, 1.54) is 0 Å². The van der Waals surface area contributed by atoms with Crippen molar-refractivity contribution in [3.05, 3.63) is 29.8 Å². The number of nitrogen functional groups attached to an aromatic ring is 1. The lowest BCUT2D eigenvalue weighted by Crippen LogP contribution is -2.53. The Morgan fingerprint density at radius 2 is 2.05 bits per heavy atom. The molecule has 1 aliphatic carbocycles. The minimum atomic E-state index is -3.50. The number of benzene rings is 1. The van der Waals surface area contributed by atoms with Crippen LogP contribution < -0.4 is 10.5 Å². The summed E-state index contributed by atoms with van der Waals surface area (Å²) in [5.41, 5.74) is 6.17. The minimum absolute atomic E-state index is 0.116. The average molecular weight is 312 g/mol. The van der Waals surface area contributed by atoms with Crippen molar-refractivity contribution in [2.75, 3.05) is 12.3 Å². The van der Waals surface area contributed by atoms with Gasteiger partial charge in [-0.05, 0) is 49.3 Å². The van der Waals surface area contributed by atoms with E-state index in [1.807, 2.05) is 0 Å². The van der Waals surface area contributed by atoms with Gasteiger partial charge in [0, 0.05) is 5.69 Å². The first kappa shape index (κ1) is 16.3. The number of hydrogen-bond donors (Lipinski definition) is 3. The second kappa shape index (κ2) is 6.34. The van der Waals surface area contributed by atoms with Gasteiger partial charge >= 0.3 is 0 Å². The Morgan fingerprint density at radius 3 is 2.62 bits per heavy atom. The highest BCUT2D eigenvalue weighted by atomic mass is 32.2. The molecule has 21 heavy (non-hydrogen) atoms.